The van der Waals surface area contributed by atoms with Crippen molar-refractivity contribution >= 4 is 23.2 Å². The molecule has 170 valence electrons. The Morgan fingerprint density at radius 3 is 2.19 bits per heavy atom. The third-order valence-corrected chi connectivity index (χ3v) is 5.57. The van der Waals surface area contributed by atoms with E-state index in [9.17, 15) is 29.3 Å². The summed E-state index contributed by atoms with van der Waals surface area (Å²) in [5, 5.41) is 30.1. The molecule has 0 radical (unpaired) electrons. The van der Waals surface area contributed by atoms with Gasteiger partial charge in [-0.15, -0.1) is 0 Å². The smallest absolute Gasteiger partial charge is 0.261 e. The zero-order chi connectivity index (χ0) is 22.8. The maximum Gasteiger partial charge on any atom is 0.261 e. The van der Waals surface area contributed by atoms with Crippen LogP contribution in [-0.2, 0) is 4.74 Å². The second-order valence-electron chi connectivity index (χ2n) is 7.65. The zero-order valence-electron chi connectivity index (χ0n) is 17.2. The summed E-state index contributed by atoms with van der Waals surface area (Å²) in [4.78, 5) is 28.7. The van der Waals surface area contributed by atoms with Crippen LogP contribution in [0.2, 0.25) is 0 Å². The Bertz CT molecular complexity index is 976. The van der Waals surface area contributed by atoms with E-state index in [0.29, 0.717) is 32.0 Å². The number of anilines is 2. The van der Waals surface area contributed by atoms with E-state index in [-0.39, 0.29) is 29.9 Å². The van der Waals surface area contributed by atoms with Gasteiger partial charge in [-0.3, -0.25) is 14.5 Å². The normalized spacial score (nSPS) is 17.2. The molecule has 1 unspecified atom stereocenters. The predicted molar refractivity (Wildman–Crippen MR) is 113 cm³/mol. The van der Waals surface area contributed by atoms with Crippen LogP contribution in [0.15, 0.2) is 42.5 Å². The number of nitrogens with zero attached hydrogens (tertiary/aromatic N) is 3. The number of carbonyl (C=O) groups excluding carboxylic acids is 2. The number of benzene rings is 2. The molecule has 2 heterocycles. The van der Waals surface area contributed by atoms with Crippen molar-refractivity contribution in [1.82, 2.24) is 4.90 Å². The summed E-state index contributed by atoms with van der Waals surface area (Å²) in [6.45, 7) is 1.38. The topological polar surface area (TPSA) is 114 Å². The quantitative estimate of drug-likeness (QED) is 0.415. The van der Waals surface area contributed by atoms with Gasteiger partial charge in [0, 0.05) is 18.8 Å². The van der Waals surface area contributed by atoms with Crippen LogP contribution >= 0.6 is 0 Å². The summed E-state index contributed by atoms with van der Waals surface area (Å²) in [5.41, 5.74) is 1.01. The van der Waals surface area contributed by atoms with Gasteiger partial charge in [0.05, 0.1) is 49.2 Å². The fraction of sp³-hybridized carbons (Fsp3) is 0.364. The van der Waals surface area contributed by atoms with Crippen LogP contribution in [0.1, 0.15) is 20.7 Å². The molecule has 4 rings (SSSR count). The van der Waals surface area contributed by atoms with Gasteiger partial charge in [0.25, 0.3) is 11.8 Å². The van der Waals surface area contributed by atoms with Crippen LogP contribution in [0.3, 0.4) is 0 Å². The Labute approximate surface area is 183 Å². The second-order valence-corrected chi connectivity index (χ2v) is 7.65. The first-order valence-corrected chi connectivity index (χ1v) is 10.2. The number of amides is 2. The molecule has 10 heteroatoms. The number of morpholine rings is 1. The highest BCUT2D eigenvalue weighted by molar-refractivity contribution is 6.21. The van der Waals surface area contributed by atoms with Gasteiger partial charge in [-0.1, -0.05) is 12.1 Å². The molecule has 2 amide bonds. The van der Waals surface area contributed by atoms with Gasteiger partial charge < -0.3 is 29.9 Å². The van der Waals surface area contributed by atoms with Gasteiger partial charge in [0.1, 0.15) is 5.82 Å². The summed E-state index contributed by atoms with van der Waals surface area (Å²) in [7, 11) is 0. The molecule has 2 aliphatic heterocycles. The lowest BCUT2D eigenvalue weighted by Crippen LogP contribution is -2.46. The first-order chi connectivity index (χ1) is 15.4. The lowest BCUT2D eigenvalue weighted by Gasteiger charge is -2.32. The van der Waals surface area contributed by atoms with Crippen molar-refractivity contribution in [2.45, 2.75) is 12.5 Å². The van der Waals surface area contributed by atoms with E-state index in [2.05, 4.69) is 0 Å². The minimum absolute atomic E-state index is 0.135. The van der Waals surface area contributed by atoms with Crippen molar-refractivity contribution < 1.29 is 34.0 Å². The van der Waals surface area contributed by atoms with Crippen LogP contribution < -0.4 is 9.80 Å². The Morgan fingerprint density at radius 2 is 1.62 bits per heavy atom. The number of fused-ring (bicyclic) bond motifs is 1. The number of ether oxygens (including phenoxy) is 1. The Balaban J connectivity index is 1.46. The first kappa shape index (κ1) is 22.2. The second kappa shape index (κ2) is 9.21. The van der Waals surface area contributed by atoms with E-state index in [1.807, 2.05) is 4.90 Å². The van der Waals surface area contributed by atoms with Crippen molar-refractivity contribution in [3.63, 3.8) is 0 Å². The third-order valence-electron chi connectivity index (χ3n) is 5.57. The van der Waals surface area contributed by atoms with Gasteiger partial charge in [-0.2, -0.15) is 0 Å². The molecule has 32 heavy (non-hydrogen) atoms. The number of aliphatic hydroxyl groups excluding tert-OH is 2. The molecular formula is C22H24FN3O6. The highest BCUT2D eigenvalue weighted by atomic mass is 19.1. The van der Waals surface area contributed by atoms with E-state index < -0.39 is 30.1 Å². The summed E-state index contributed by atoms with van der Waals surface area (Å²) in [6.07, 6.45) is -3.33. The number of hydrogen-bond acceptors (Lipinski definition) is 8. The molecule has 1 atom stereocenters. The van der Waals surface area contributed by atoms with Gasteiger partial charge in [-0.25, -0.2) is 4.39 Å². The monoisotopic (exact) mass is 445 g/mol. The molecular weight excluding hydrogens is 421 g/mol. The molecule has 0 aliphatic carbocycles. The van der Waals surface area contributed by atoms with Gasteiger partial charge in [0.15, 0.2) is 0 Å². The molecule has 1 saturated heterocycles. The fourth-order valence-electron chi connectivity index (χ4n) is 3.97. The van der Waals surface area contributed by atoms with E-state index in [1.54, 1.807) is 12.1 Å². The Morgan fingerprint density at radius 1 is 1.00 bits per heavy atom. The number of imide groups is 1. The minimum Gasteiger partial charge on any atom is -0.389 e. The van der Waals surface area contributed by atoms with E-state index in [4.69, 9.17) is 4.74 Å². The SMILES string of the molecule is O=C1c2ccccc2C(=O)N1CC(O)CN(c1ccc(N2CCOCC2)c(F)c1)C(O)O. The number of β-amino-alcohol motifs (C(OH)–C–C–N with tert-alkyl or cyclic N) is 1. The van der Waals surface area contributed by atoms with Crippen LogP contribution in [-0.4, -0.2) is 83.9 Å². The first-order valence-electron chi connectivity index (χ1n) is 10.2. The molecule has 0 spiro atoms. The largest absolute Gasteiger partial charge is 0.389 e. The molecule has 9 nitrogen and oxygen atoms in total. The maximum atomic E-state index is 14.7. The van der Waals surface area contributed by atoms with Crippen molar-refractivity contribution in [2.24, 2.45) is 0 Å². The number of carbonyl (C=O) groups is 2. The van der Waals surface area contributed by atoms with Crippen LogP contribution in [0.4, 0.5) is 15.8 Å². The van der Waals surface area contributed by atoms with E-state index in [0.717, 1.165) is 15.9 Å². The molecule has 2 aromatic rings. The fourth-order valence-corrected chi connectivity index (χ4v) is 3.97. The van der Waals surface area contributed by atoms with Gasteiger partial charge in [-0.05, 0) is 30.3 Å². The highest BCUT2D eigenvalue weighted by Crippen LogP contribution is 2.27. The standard InChI is InChI=1S/C22H24FN3O6/c23-18-11-14(5-6-19(18)24-7-9-32-10-8-24)25(22(30)31)12-15(27)13-26-20(28)16-3-1-2-4-17(16)21(26)29/h1-6,11,15,22,27,30-31H,7-10,12-13H2. The van der Waals surface area contributed by atoms with E-state index in [1.165, 1.54) is 24.3 Å². The molecule has 3 N–H and O–H groups in total. The van der Waals surface area contributed by atoms with Crippen molar-refractivity contribution in [2.75, 3.05) is 49.2 Å². The molecule has 2 aromatic carbocycles. The van der Waals surface area contributed by atoms with Crippen LogP contribution in [0.5, 0.6) is 0 Å². The predicted octanol–water partition coefficient (Wildman–Crippen LogP) is 0.394. The number of aliphatic hydroxyl groups is 3. The van der Waals surface area contributed by atoms with E-state index >= 15 is 0 Å². The Hall–Kier alpha value is -3.05. The summed E-state index contributed by atoms with van der Waals surface area (Å²) < 4.78 is 20.0. The summed E-state index contributed by atoms with van der Waals surface area (Å²) in [6, 6.07) is 10.5. The van der Waals surface area contributed by atoms with Crippen LogP contribution in [0, 0.1) is 5.82 Å². The third kappa shape index (κ3) is 4.30. The number of halogens is 1. The molecule has 0 saturated carbocycles. The Kier molecular flexibility index (Phi) is 6.38. The molecule has 1 fully saturated rings. The lowest BCUT2D eigenvalue weighted by atomic mass is 10.1. The number of hydrogen-bond donors (Lipinski definition) is 3. The lowest BCUT2D eigenvalue weighted by molar-refractivity contribution is -0.0463. The number of rotatable bonds is 7. The maximum absolute atomic E-state index is 14.7. The van der Waals surface area contributed by atoms with Crippen LogP contribution in [0.25, 0.3) is 0 Å². The zero-order valence-corrected chi connectivity index (χ0v) is 17.2. The average Bonchev–Trinajstić information content (AvgIpc) is 3.03. The molecule has 2 aliphatic rings. The average molecular weight is 445 g/mol. The van der Waals surface area contributed by atoms with Crippen molar-refractivity contribution in [1.29, 1.82) is 0 Å². The van der Waals surface area contributed by atoms with Gasteiger partial charge >= 0.3 is 0 Å². The molecule has 0 bridgehead atoms. The van der Waals surface area contributed by atoms with Crippen molar-refractivity contribution in [3.05, 3.63) is 59.4 Å². The molecule has 0 aromatic heterocycles. The minimum atomic E-state index is -2.03. The van der Waals surface area contributed by atoms with Crippen molar-refractivity contribution in [3.8, 4) is 0 Å². The highest BCUT2D eigenvalue weighted by Gasteiger charge is 2.36. The summed E-state index contributed by atoms with van der Waals surface area (Å²) in [5.74, 6) is -1.60. The van der Waals surface area contributed by atoms with Gasteiger partial charge in [0.2, 0.25) is 6.41 Å². The summed E-state index contributed by atoms with van der Waals surface area (Å²) >= 11 is 0.